The summed E-state index contributed by atoms with van der Waals surface area (Å²) in [4.78, 5) is 13.9. The number of primary amides is 1. The second-order valence-corrected chi connectivity index (χ2v) is 5.76. The van der Waals surface area contributed by atoms with Crippen molar-refractivity contribution in [2.24, 2.45) is 11.7 Å². The number of nitrogens with two attached hydrogens (primary N) is 1. The zero-order valence-electron chi connectivity index (χ0n) is 11.9. The highest BCUT2D eigenvalue weighted by Crippen LogP contribution is 2.30. The first kappa shape index (κ1) is 13.9. The molecule has 0 fully saturated rings. The molecule has 4 heteroatoms. The van der Waals surface area contributed by atoms with Gasteiger partial charge in [-0.25, -0.2) is 0 Å². The average Bonchev–Trinajstić information content (AvgIpc) is 2.38. The standard InChI is InChI=1S/C15H23N3O/c1-11-8-12-6-4-5-7-13(12)18(9-11)10-15(2,17-3)14(16)19/h4-7,11,17H,8-10H2,1-3H3,(H2,16,19). The first-order valence-corrected chi connectivity index (χ1v) is 6.78. The number of carbonyl (C=O) groups is 1. The zero-order valence-corrected chi connectivity index (χ0v) is 11.9. The minimum absolute atomic E-state index is 0.314. The topological polar surface area (TPSA) is 58.4 Å². The van der Waals surface area contributed by atoms with Gasteiger partial charge in [-0.15, -0.1) is 0 Å². The van der Waals surface area contributed by atoms with Gasteiger partial charge in [0.1, 0.15) is 5.54 Å². The number of hydrogen-bond acceptors (Lipinski definition) is 3. The highest BCUT2D eigenvalue weighted by molar-refractivity contribution is 5.85. The van der Waals surface area contributed by atoms with Crippen LogP contribution in [0.2, 0.25) is 0 Å². The van der Waals surface area contributed by atoms with Crippen molar-refractivity contribution < 1.29 is 4.79 Å². The summed E-state index contributed by atoms with van der Waals surface area (Å²) in [6.45, 7) is 5.66. The zero-order chi connectivity index (χ0) is 14.0. The lowest BCUT2D eigenvalue weighted by Gasteiger charge is -2.39. The normalized spacial score (nSPS) is 21.6. The van der Waals surface area contributed by atoms with E-state index in [4.69, 9.17) is 5.73 Å². The summed E-state index contributed by atoms with van der Waals surface area (Å²) in [7, 11) is 1.78. The number of rotatable bonds is 4. The fourth-order valence-electron chi connectivity index (χ4n) is 2.72. The van der Waals surface area contributed by atoms with Crippen LogP contribution in [0.25, 0.3) is 0 Å². The van der Waals surface area contributed by atoms with Crippen LogP contribution in [0, 0.1) is 5.92 Å². The van der Waals surface area contributed by atoms with Gasteiger partial charge in [0, 0.05) is 18.8 Å². The first-order valence-electron chi connectivity index (χ1n) is 6.78. The van der Waals surface area contributed by atoms with Gasteiger partial charge >= 0.3 is 0 Å². The summed E-state index contributed by atoms with van der Waals surface area (Å²) in [5, 5.41) is 3.05. The molecule has 0 saturated heterocycles. The Hall–Kier alpha value is -1.55. The second-order valence-electron chi connectivity index (χ2n) is 5.76. The molecule has 0 aromatic heterocycles. The molecule has 0 spiro atoms. The molecule has 1 aliphatic heterocycles. The molecule has 0 bridgehead atoms. The van der Waals surface area contributed by atoms with E-state index in [1.807, 2.05) is 13.0 Å². The van der Waals surface area contributed by atoms with Crippen LogP contribution in [0.3, 0.4) is 0 Å². The number of carbonyl (C=O) groups excluding carboxylic acids is 1. The summed E-state index contributed by atoms with van der Waals surface area (Å²) in [5.74, 6) is 0.273. The lowest BCUT2D eigenvalue weighted by molar-refractivity contribution is -0.123. The van der Waals surface area contributed by atoms with Gasteiger partial charge in [0.25, 0.3) is 0 Å². The third kappa shape index (κ3) is 2.73. The number of hydrogen-bond donors (Lipinski definition) is 2. The van der Waals surface area contributed by atoms with Crippen LogP contribution in [0.1, 0.15) is 19.4 Å². The summed E-state index contributed by atoms with van der Waals surface area (Å²) in [6.07, 6.45) is 1.10. The molecule has 1 amide bonds. The Labute approximate surface area is 115 Å². The third-order valence-electron chi connectivity index (χ3n) is 4.04. The van der Waals surface area contributed by atoms with Crippen LogP contribution in [-0.4, -0.2) is 31.6 Å². The minimum Gasteiger partial charge on any atom is -0.369 e. The third-order valence-corrected chi connectivity index (χ3v) is 4.04. The number of nitrogens with one attached hydrogen (secondary N) is 1. The molecular formula is C15H23N3O. The van der Waals surface area contributed by atoms with Gasteiger partial charge in [-0.1, -0.05) is 25.1 Å². The van der Waals surface area contributed by atoms with Gasteiger partial charge < -0.3 is 16.0 Å². The van der Waals surface area contributed by atoms with Crippen LogP contribution < -0.4 is 16.0 Å². The smallest absolute Gasteiger partial charge is 0.239 e. The van der Waals surface area contributed by atoms with E-state index in [-0.39, 0.29) is 5.91 Å². The van der Waals surface area contributed by atoms with E-state index in [0.717, 1.165) is 13.0 Å². The van der Waals surface area contributed by atoms with E-state index in [1.165, 1.54) is 11.3 Å². The van der Waals surface area contributed by atoms with Crippen molar-refractivity contribution in [1.82, 2.24) is 5.32 Å². The fraction of sp³-hybridized carbons (Fsp3) is 0.533. The van der Waals surface area contributed by atoms with Crippen LogP contribution in [0.4, 0.5) is 5.69 Å². The highest BCUT2D eigenvalue weighted by atomic mass is 16.1. The number of para-hydroxylation sites is 1. The van der Waals surface area contributed by atoms with Crippen LogP contribution in [0.15, 0.2) is 24.3 Å². The number of fused-ring (bicyclic) bond motifs is 1. The molecular weight excluding hydrogens is 238 g/mol. The number of nitrogens with zero attached hydrogens (tertiary/aromatic N) is 1. The molecule has 104 valence electrons. The van der Waals surface area contributed by atoms with Crippen molar-refractivity contribution in [2.45, 2.75) is 25.8 Å². The maximum atomic E-state index is 11.7. The molecule has 2 atom stereocenters. The van der Waals surface area contributed by atoms with E-state index in [2.05, 4.69) is 35.3 Å². The van der Waals surface area contributed by atoms with Gasteiger partial charge in [-0.3, -0.25) is 4.79 Å². The van der Waals surface area contributed by atoms with Crippen LogP contribution in [0.5, 0.6) is 0 Å². The maximum absolute atomic E-state index is 11.7. The van der Waals surface area contributed by atoms with Crippen molar-refractivity contribution in [1.29, 1.82) is 0 Å². The lowest BCUT2D eigenvalue weighted by Crippen LogP contribution is -2.59. The Morgan fingerprint density at radius 1 is 1.53 bits per heavy atom. The predicted molar refractivity (Wildman–Crippen MR) is 78.2 cm³/mol. The van der Waals surface area contributed by atoms with E-state index < -0.39 is 5.54 Å². The largest absolute Gasteiger partial charge is 0.369 e. The van der Waals surface area contributed by atoms with E-state index >= 15 is 0 Å². The molecule has 1 heterocycles. The summed E-state index contributed by atoms with van der Waals surface area (Å²) >= 11 is 0. The minimum atomic E-state index is -0.704. The molecule has 0 aliphatic carbocycles. The van der Waals surface area contributed by atoms with Crippen molar-refractivity contribution >= 4 is 11.6 Å². The quantitative estimate of drug-likeness (QED) is 0.855. The molecule has 2 rings (SSSR count). The van der Waals surface area contributed by atoms with Crippen molar-refractivity contribution in [3.05, 3.63) is 29.8 Å². The van der Waals surface area contributed by atoms with Gasteiger partial charge in [-0.2, -0.15) is 0 Å². The summed E-state index contributed by atoms with van der Waals surface area (Å²) < 4.78 is 0. The molecule has 4 nitrogen and oxygen atoms in total. The molecule has 3 N–H and O–H groups in total. The van der Waals surface area contributed by atoms with Crippen LogP contribution in [-0.2, 0) is 11.2 Å². The highest BCUT2D eigenvalue weighted by Gasteiger charge is 2.34. The van der Waals surface area contributed by atoms with E-state index in [0.29, 0.717) is 12.5 Å². The Balaban J connectivity index is 2.28. The number of likely N-dealkylation sites (N-methyl/N-ethyl adjacent to an activating group) is 1. The predicted octanol–water partition coefficient (Wildman–Crippen LogP) is 1.15. The lowest BCUT2D eigenvalue weighted by atomic mass is 9.91. The van der Waals surface area contributed by atoms with E-state index in [1.54, 1.807) is 7.05 Å². The molecule has 1 aromatic carbocycles. The summed E-state index contributed by atoms with van der Waals surface area (Å²) in [5.41, 5.74) is 7.40. The molecule has 1 aliphatic rings. The SMILES string of the molecule is CNC(C)(CN1CC(C)Cc2ccccc21)C(N)=O. The van der Waals surface area contributed by atoms with Gasteiger partial charge in [0.2, 0.25) is 5.91 Å². The fourth-order valence-corrected chi connectivity index (χ4v) is 2.72. The second kappa shape index (κ2) is 5.21. The molecule has 2 unspecified atom stereocenters. The summed E-state index contributed by atoms with van der Waals surface area (Å²) in [6, 6.07) is 8.40. The Morgan fingerprint density at radius 3 is 2.84 bits per heavy atom. The Morgan fingerprint density at radius 2 is 2.21 bits per heavy atom. The van der Waals surface area contributed by atoms with Crippen molar-refractivity contribution in [2.75, 3.05) is 25.0 Å². The Kier molecular flexibility index (Phi) is 3.80. The number of amides is 1. The van der Waals surface area contributed by atoms with Gasteiger partial charge in [0.15, 0.2) is 0 Å². The molecule has 19 heavy (non-hydrogen) atoms. The Bertz CT molecular complexity index is 474. The first-order chi connectivity index (χ1) is 8.96. The average molecular weight is 261 g/mol. The van der Waals surface area contributed by atoms with Crippen LogP contribution >= 0.6 is 0 Å². The van der Waals surface area contributed by atoms with Crippen molar-refractivity contribution in [3.63, 3.8) is 0 Å². The van der Waals surface area contributed by atoms with Crippen molar-refractivity contribution in [3.8, 4) is 0 Å². The van der Waals surface area contributed by atoms with Gasteiger partial charge in [0.05, 0.1) is 0 Å². The molecule has 0 saturated carbocycles. The number of benzene rings is 1. The molecule has 0 radical (unpaired) electrons. The monoisotopic (exact) mass is 261 g/mol. The maximum Gasteiger partial charge on any atom is 0.239 e. The van der Waals surface area contributed by atoms with Gasteiger partial charge in [-0.05, 0) is 37.9 Å². The molecule has 1 aromatic rings. The van der Waals surface area contributed by atoms with E-state index in [9.17, 15) is 4.79 Å². The number of anilines is 1.